The molecule has 0 bridgehead atoms. The lowest BCUT2D eigenvalue weighted by atomic mass is 10.2. The molecular formula is C9H4BrClO. The summed E-state index contributed by atoms with van der Waals surface area (Å²) in [6, 6.07) is 6.96. The Labute approximate surface area is 83.9 Å². The van der Waals surface area contributed by atoms with Gasteiger partial charge in [-0.3, -0.25) is 4.79 Å². The molecule has 0 N–H and O–H groups in total. The number of carbonyl (C=O) groups is 1. The van der Waals surface area contributed by atoms with Crippen LogP contribution in [0.3, 0.4) is 0 Å². The quantitative estimate of drug-likeness (QED) is 0.506. The van der Waals surface area contributed by atoms with E-state index in [1.54, 1.807) is 24.3 Å². The van der Waals surface area contributed by atoms with Gasteiger partial charge in [0.1, 0.15) is 0 Å². The molecule has 1 aromatic rings. The zero-order valence-electron chi connectivity index (χ0n) is 5.97. The van der Waals surface area contributed by atoms with E-state index in [4.69, 9.17) is 11.6 Å². The molecule has 0 atom stereocenters. The smallest absolute Gasteiger partial charge is 0.271 e. The molecule has 0 aliphatic carbocycles. The predicted molar refractivity (Wildman–Crippen MR) is 52.3 cm³/mol. The van der Waals surface area contributed by atoms with Crippen LogP contribution in [0.2, 0.25) is 5.02 Å². The standard InChI is InChI=1S/C9H4BrClO/c10-9(12)6-3-7-1-4-8(11)5-2-7/h1-2,4-5H. The molecule has 0 aromatic heterocycles. The lowest BCUT2D eigenvalue weighted by Crippen LogP contribution is -1.77. The molecule has 0 spiro atoms. The third-order valence-corrected chi connectivity index (χ3v) is 1.60. The van der Waals surface area contributed by atoms with E-state index in [1.807, 2.05) is 0 Å². The Morgan fingerprint density at radius 2 is 1.92 bits per heavy atom. The first-order valence-corrected chi connectivity index (χ1v) is 4.32. The number of carbonyl (C=O) groups excluding carboxylic acids is 1. The minimum atomic E-state index is -0.322. The molecule has 0 aliphatic rings. The molecule has 0 radical (unpaired) electrons. The lowest BCUT2D eigenvalue weighted by molar-refractivity contribution is -0.105. The number of hydrogen-bond acceptors (Lipinski definition) is 1. The van der Waals surface area contributed by atoms with Gasteiger partial charge in [-0.15, -0.1) is 0 Å². The van der Waals surface area contributed by atoms with E-state index in [2.05, 4.69) is 27.8 Å². The van der Waals surface area contributed by atoms with Crippen molar-refractivity contribution in [2.24, 2.45) is 0 Å². The Bertz CT molecular complexity index is 345. The maximum Gasteiger partial charge on any atom is 0.271 e. The SMILES string of the molecule is O=C(Br)C#Cc1ccc(Cl)cc1. The molecule has 0 saturated carbocycles. The Morgan fingerprint density at radius 3 is 2.42 bits per heavy atom. The maximum absolute atomic E-state index is 10.4. The van der Waals surface area contributed by atoms with Gasteiger partial charge in [0.2, 0.25) is 0 Å². The normalized spacial score (nSPS) is 8.50. The molecule has 0 heterocycles. The zero-order valence-corrected chi connectivity index (χ0v) is 8.32. The second-order valence-corrected chi connectivity index (χ2v) is 3.19. The Balaban J connectivity index is 2.86. The van der Waals surface area contributed by atoms with Crippen LogP contribution in [0, 0.1) is 11.8 Å². The first-order valence-electron chi connectivity index (χ1n) is 3.15. The van der Waals surface area contributed by atoms with Crippen molar-refractivity contribution in [1.29, 1.82) is 0 Å². The summed E-state index contributed by atoms with van der Waals surface area (Å²) in [6.07, 6.45) is 0. The van der Waals surface area contributed by atoms with Gasteiger partial charge in [-0.25, -0.2) is 0 Å². The van der Waals surface area contributed by atoms with Crippen LogP contribution in [-0.2, 0) is 4.79 Å². The van der Waals surface area contributed by atoms with E-state index >= 15 is 0 Å². The highest BCUT2D eigenvalue weighted by molar-refractivity contribution is 9.18. The maximum atomic E-state index is 10.4. The van der Waals surface area contributed by atoms with Crippen molar-refractivity contribution < 1.29 is 4.79 Å². The number of hydrogen-bond donors (Lipinski definition) is 0. The van der Waals surface area contributed by atoms with Crippen molar-refractivity contribution in [2.45, 2.75) is 0 Å². The third kappa shape index (κ3) is 3.08. The third-order valence-electron chi connectivity index (χ3n) is 1.15. The minimum Gasteiger partial charge on any atom is -0.272 e. The fourth-order valence-corrected chi connectivity index (χ4v) is 0.880. The van der Waals surface area contributed by atoms with Crippen molar-refractivity contribution in [3.05, 3.63) is 34.9 Å². The largest absolute Gasteiger partial charge is 0.272 e. The molecule has 0 amide bonds. The molecule has 1 aromatic carbocycles. The van der Waals surface area contributed by atoms with Crippen LogP contribution < -0.4 is 0 Å². The van der Waals surface area contributed by atoms with E-state index < -0.39 is 0 Å². The van der Waals surface area contributed by atoms with Crippen LogP contribution in [0.25, 0.3) is 0 Å². The molecule has 0 saturated heterocycles. The molecule has 12 heavy (non-hydrogen) atoms. The first-order chi connectivity index (χ1) is 5.68. The molecule has 1 rings (SSSR count). The molecule has 1 nitrogen and oxygen atoms in total. The van der Waals surface area contributed by atoms with E-state index in [0.29, 0.717) is 5.02 Å². The van der Waals surface area contributed by atoms with E-state index in [0.717, 1.165) is 5.56 Å². The van der Waals surface area contributed by atoms with Crippen LogP contribution in [0.15, 0.2) is 24.3 Å². The Morgan fingerprint density at radius 1 is 1.33 bits per heavy atom. The average Bonchev–Trinajstić information content (AvgIpc) is 2.03. The van der Waals surface area contributed by atoms with Crippen LogP contribution >= 0.6 is 27.5 Å². The van der Waals surface area contributed by atoms with Crippen molar-refractivity contribution >= 4 is 32.2 Å². The van der Waals surface area contributed by atoms with Gasteiger partial charge in [-0.2, -0.15) is 0 Å². The van der Waals surface area contributed by atoms with Crippen LogP contribution in [-0.4, -0.2) is 4.69 Å². The fraction of sp³-hybridized carbons (Fsp3) is 0. The van der Waals surface area contributed by atoms with Gasteiger partial charge in [-0.05, 0) is 30.2 Å². The lowest BCUT2D eigenvalue weighted by Gasteiger charge is -1.88. The molecule has 3 heteroatoms. The fourth-order valence-electron chi connectivity index (χ4n) is 0.655. The van der Waals surface area contributed by atoms with E-state index in [1.165, 1.54) is 0 Å². The summed E-state index contributed by atoms with van der Waals surface area (Å²) in [7, 11) is 0. The number of rotatable bonds is 0. The second kappa shape index (κ2) is 4.30. The van der Waals surface area contributed by atoms with Crippen molar-refractivity contribution in [2.75, 3.05) is 0 Å². The average molecular weight is 243 g/mol. The monoisotopic (exact) mass is 242 g/mol. The Hall–Kier alpha value is -0.780. The van der Waals surface area contributed by atoms with E-state index in [9.17, 15) is 4.79 Å². The zero-order chi connectivity index (χ0) is 8.97. The molecule has 60 valence electrons. The van der Waals surface area contributed by atoms with Gasteiger partial charge >= 0.3 is 0 Å². The van der Waals surface area contributed by atoms with Crippen LogP contribution in [0.1, 0.15) is 5.56 Å². The number of benzene rings is 1. The van der Waals surface area contributed by atoms with Gasteiger partial charge in [0, 0.05) is 26.5 Å². The van der Waals surface area contributed by atoms with Gasteiger partial charge < -0.3 is 0 Å². The molecule has 0 aliphatic heterocycles. The molecule has 0 fully saturated rings. The topological polar surface area (TPSA) is 17.1 Å². The van der Waals surface area contributed by atoms with Gasteiger partial charge in [0.25, 0.3) is 4.69 Å². The minimum absolute atomic E-state index is 0.322. The predicted octanol–water partition coefficient (Wildman–Crippen LogP) is 2.61. The molecular weight excluding hydrogens is 239 g/mol. The van der Waals surface area contributed by atoms with E-state index in [-0.39, 0.29) is 4.69 Å². The summed E-state index contributed by atoms with van der Waals surface area (Å²) < 4.78 is -0.322. The highest BCUT2D eigenvalue weighted by Gasteiger charge is 1.88. The number of halogens is 2. The van der Waals surface area contributed by atoms with Crippen LogP contribution in [0.5, 0.6) is 0 Å². The summed E-state index contributed by atoms with van der Waals surface area (Å²) in [5.41, 5.74) is 0.771. The first kappa shape index (κ1) is 9.31. The van der Waals surface area contributed by atoms with Gasteiger partial charge in [0.15, 0.2) is 0 Å². The highest BCUT2D eigenvalue weighted by atomic mass is 79.9. The van der Waals surface area contributed by atoms with Crippen molar-refractivity contribution in [3.8, 4) is 11.8 Å². The summed E-state index contributed by atoms with van der Waals surface area (Å²) in [6.45, 7) is 0. The highest BCUT2D eigenvalue weighted by Crippen LogP contribution is 2.08. The summed E-state index contributed by atoms with van der Waals surface area (Å²) in [5, 5.41) is 0.658. The van der Waals surface area contributed by atoms with Gasteiger partial charge in [0.05, 0.1) is 0 Å². The summed E-state index contributed by atoms with van der Waals surface area (Å²) in [4.78, 5) is 10.4. The summed E-state index contributed by atoms with van der Waals surface area (Å²) in [5.74, 6) is 5.03. The van der Waals surface area contributed by atoms with Crippen molar-refractivity contribution in [1.82, 2.24) is 0 Å². The second-order valence-electron chi connectivity index (χ2n) is 2.03. The van der Waals surface area contributed by atoms with Crippen molar-refractivity contribution in [3.63, 3.8) is 0 Å². The Kier molecular flexibility index (Phi) is 3.33. The molecule has 0 unspecified atom stereocenters. The van der Waals surface area contributed by atoms with Crippen LogP contribution in [0.4, 0.5) is 0 Å². The summed E-state index contributed by atoms with van der Waals surface area (Å²) >= 11 is 8.36. The van der Waals surface area contributed by atoms with Gasteiger partial charge in [-0.1, -0.05) is 17.5 Å².